The number of rotatable bonds is 5. The highest BCUT2D eigenvalue weighted by atomic mass is 79.9. The standard InChI is InChI=1S/C11H15BrClNO/c1-3-15-7-11(14-2)9-6-8(12)4-5-10(9)13/h4-6,11,14H,3,7H2,1-2H3. The van der Waals surface area contributed by atoms with Crippen LogP contribution in [0.5, 0.6) is 0 Å². The second kappa shape index (κ2) is 6.48. The van der Waals surface area contributed by atoms with Gasteiger partial charge in [-0.05, 0) is 37.7 Å². The Morgan fingerprint density at radius 2 is 2.27 bits per heavy atom. The van der Waals surface area contributed by atoms with Gasteiger partial charge in [0.1, 0.15) is 0 Å². The van der Waals surface area contributed by atoms with E-state index in [1.165, 1.54) is 0 Å². The molecule has 0 aliphatic rings. The summed E-state index contributed by atoms with van der Waals surface area (Å²) in [6.07, 6.45) is 0. The lowest BCUT2D eigenvalue weighted by atomic mass is 10.1. The Morgan fingerprint density at radius 1 is 1.53 bits per heavy atom. The fourth-order valence-corrected chi connectivity index (χ4v) is 1.97. The van der Waals surface area contributed by atoms with Gasteiger partial charge in [-0.15, -0.1) is 0 Å². The molecule has 0 saturated carbocycles. The molecule has 0 saturated heterocycles. The van der Waals surface area contributed by atoms with E-state index in [1.807, 2.05) is 32.2 Å². The van der Waals surface area contributed by atoms with Crippen LogP contribution in [0, 0.1) is 0 Å². The predicted octanol–water partition coefficient (Wildman–Crippen LogP) is 3.40. The number of hydrogen-bond donors (Lipinski definition) is 1. The summed E-state index contributed by atoms with van der Waals surface area (Å²) in [6, 6.07) is 5.97. The predicted molar refractivity (Wildman–Crippen MR) is 67.4 cm³/mol. The molecule has 1 aromatic rings. The number of likely N-dealkylation sites (N-methyl/N-ethyl adjacent to an activating group) is 1. The van der Waals surface area contributed by atoms with Gasteiger partial charge in [-0.3, -0.25) is 0 Å². The first-order valence-electron chi connectivity index (χ1n) is 4.89. The minimum Gasteiger partial charge on any atom is -0.380 e. The van der Waals surface area contributed by atoms with Crippen LogP contribution in [0.4, 0.5) is 0 Å². The van der Waals surface area contributed by atoms with Gasteiger partial charge < -0.3 is 10.1 Å². The molecule has 15 heavy (non-hydrogen) atoms. The zero-order chi connectivity index (χ0) is 11.3. The Bertz CT molecular complexity index is 319. The van der Waals surface area contributed by atoms with Crippen LogP contribution in [0.3, 0.4) is 0 Å². The minimum absolute atomic E-state index is 0.134. The zero-order valence-corrected chi connectivity index (χ0v) is 11.2. The molecule has 1 atom stereocenters. The Kier molecular flexibility index (Phi) is 5.61. The monoisotopic (exact) mass is 291 g/mol. The second-order valence-corrected chi connectivity index (χ2v) is 4.49. The highest BCUT2D eigenvalue weighted by Crippen LogP contribution is 2.26. The molecule has 0 radical (unpaired) electrons. The quantitative estimate of drug-likeness (QED) is 0.898. The molecule has 2 nitrogen and oxygen atoms in total. The van der Waals surface area contributed by atoms with Crippen LogP contribution in [0.25, 0.3) is 0 Å². The molecule has 0 aliphatic heterocycles. The van der Waals surface area contributed by atoms with Crippen molar-refractivity contribution >= 4 is 27.5 Å². The zero-order valence-electron chi connectivity index (χ0n) is 8.89. The summed E-state index contributed by atoms with van der Waals surface area (Å²) in [5, 5.41) is 3.95. The normalized spacial score (nSPS) is 12.8. The third-order valence-electron chi connectivity index (χ3n) is 2.17. The van der Waals surface area contributed by atoms with E-state index in [9.17, 15) is 0 Å². The van der Waals surface area contributed by atoms with Crippen molar-refractivity contribution in [3.8, 4) is 0 Å². The van der Waals surface area contributed by atoms with Gasteiger partial charge in [0.15, 0.2) is 0 Å². The molecular weight excluding hydrogens is 277 g/mol. The van der Waals surface area contributed by atoms with Crippen LogP contribution < -0.4 is 5.32 Å². The van der Waals surface area contributed by atoms with Crippen LogP contribution in [-0.4, -0.2) is 20.3 Å². The van der Waals surface area contributed by atoms with Crippen molar-refractivity contribution in [2.24, 2.45) is 0 Å². The third-order valence-corrected chi connectivity index (χ3v) is 3.01. The molecule has 1 unspecified atom stereocenters. The first-order chi connectivity index (χ1) is 7.19. The van der Waals surface area contributed by atoms with Crippen LogP contribution in [0.2, 0.25) is 5.02 Å². The maximum Gasteiger partial charge on any atom is 0.0661 e. The number of ether oxygens (including phenoxy) is 1. The summed E-state index contributed by atoms with van der Waals surface area (Å²) in [4.78, 5) is 0. The fraction of sp³-hybridized carbons (Fsp3) is 0.455. The highest BCUT2D eigenvalue weighted by Gasteiger charge is 2.13. The number of hydrogen-bond acceptors (Lipinski definition) is 2. The van der Waals surface area contributed by atoms with E-state index in [0.717, 1.165) is 15.1 Å². The average Bonchev–Trinajstić information content (AvgIpc) is 2.24. The van der Waals surface area contributed by atoms with E-state index < -0.39 is 0 Å². The van der Waals surface area contributed by atoms with Crippen molar-refractivity contribution in [1.82, 2.24) is 5.32 Å². The summed E-state index contributed by atoms with van der Waals surface area (Å²) in [5.41, 5.74) is 1.06. The van der Waals surface area contributed by atoms with Crippen molar-refractivity contribution < 1.29 is 4.74 Å². The Morgan fingerprint density at radius 3 is 2.87 bits per heavy atom. The van der Waals surface area contributed by atoms with Crippen LogP contribution >= 0.6 is 27.5 Å². The van der Waals surface area contributed by atoms with Gasteiger partial charge in [0.2, 0.25) is 0 Å². The lowest BCUT2D eigenvalue weighted by Crippen LogP contribution is -2.22. The van der Waals surface area contributed by atoms with Gasteiger partial charge in [0, 0.05) is 16.1 Å². The van der Waals surface area contributed by atoms with E-state index in [1.54, 1.807) is 0 Å². The maximum atomic E-state index is 6.13. The highest BCUT2D eigenvalue weighted by molar-refractivity contribution is 9.10. The molecule has 1 N–H and O–H groups in total. The van der Waals surface area contributed by atoms with E-state index in [-0.39, 0.29) is 6.04 Å². The van der Waals surface area contributed by atoms with Crippen molar-refractivity contribution in [2.75, 3.05) is 20.3 Å². The van der Waals surface area contributed by atoms with E-state index in [4.69, 9.17) is 16.3 Å². The van der Waals surface area contributed by atoms with Crippen LogP contribution in [0.1, 0.15) is 18.5 Å². The first kappa shape index (κ1) is 13.0. The molecule has 0 aromatic heterocycles. The van der Waals surface area contributed by atoms with Gasteiger partial charge >= 0.3 is 0 Å². The van der Waals surface area contributed by atoms with Crippen molar-refractivity contribution in [1.29, 1.82) is 0 Å². The molecule has 0 spiro atoms. The average molecular weight is 293 g/mol. The van der Waals surface area contributed by atoms with Crippen molar-refractivity contribution in [2.45, 2.75) is 13.0 Å². The fourth-order valence-electron chi connectivity index (χ4n) is 1.35. The second-order valence-electron chi connectivity index (χ2n) is 3.17. The number of benzene rings is 1. The molecule has 1 aromatic carbocycles. The molecule has 1 rings (SSSR count). The van der Waals surface area contributed by atoms with Gasteiger partial charge in [0.05, 0.1) is 12.6 Å². The number of nitrogens with one attached hydrogen (secondary N) is 1. The summed E-state index contributed by atoms with van der Waals surface area (Å²) in [7, 11) is 1.90. The molecule has 0 bridgehead atoms. The smallest absolute Gasteiger partial charge is 0.0661 e. The molecular formula is C11H15BrClNO. The first-order valence-corrected chi connectivity index (χ1v) is 6.06. The SMILES string of the molecule is CCOCC(NC)c1cc(Br)ccc1Cl. The topological polar surface area (TPSA) is 21.3 Å². The van der Waals surface area contributed by atoms with Crippen LogP contribution in [-0.2, 0) is 4.74 Å². The third kappa shape index (κ3) is 3.76. The van der Waals surface area contributed by atoms with Gasteiger partial charge in [-0.1, -0.05) is 27.5 Å². The Balaban J connectivity index is 2.85. The van der Waals surface area contributed by atoms with Gasteiger partial charge in [0.25, 0.3) is 0 Å². The summed E-state index contributed by atoms with van der Waals surface area (Å²) >= 11 is 9.57. The molecule has 4 heteroatoms. The van der Waals surface area contributed by atoms with Crippen molar-refractivity contribution in [3.63, 3.8) is 0 Å². The molecule has 0 amide bonds. The van der Waals surface area contributed by atoms with Crippen molar-refractivity contribution in [3.05, 3.63) is 33.3 Å². The van der Waals surface area contributed by atoms with E-state index in [0.29, 0.717) is 13.2 Å². The van der Waals surface area contributed by atoms with Gasteiger partial charge in [-0.25, -0.2) is 0 Å². The Labute approximate surface area is 104 Å². The van der Waals surface area contributed by atoms with Crippen LogP contribution in [0.15, 0.2) is 22.7 Å². The molecule has 0 aliphatic carbocycles. The molecule has 0 fully saturated rings. The molecule has 0 heterocycles. The molecule has 84 valence electrons. The summed E-state index contributed by atoms with van der Waals surface area (Å²) < 4.78 is 6.43. The van der Waals surface area contributed by atoms with E-state index >= 15 is 0 Å². The largest absolute Gasteiger partial charge is 0.380 e. The lowest BCUT2D eigenvalue weighted by Gasteiger charge is -2.18. The van der Waals surface area contributed by atoms with Gasteiger partial charge in [-0.2, -0.15) is 0 Å². The summed E-state index contributed by atoms with van der Waals surface area (Å²) in [5.74, 6) is 0. The number of halogens is 2. The van der Waals surface area contributed by atoms with E-state index in [2.05, 4.69) is 21.2 Å². The lowest BCUT2D eigenvalue weighted by molar-refractivity contribution is 0.125. The Hall–Kier alpha value is -0.0900. The summed E-state index contributed by atoms with van der Waals surface area (Å²) in [6.45, 7) is 3.32. The minimum atomic E-state index is 0.134. The maximum absolute atomic E-state index is 6.13.